The van der Waals surface area contributed by atoms with Crippen LogP contribution in [-0.2, 0) is 0 Å². The summed E-state index contributed by atoms with van der Waals surface area (Å²) in [6.45, 7) is 12.5. The van der Waals surface area contributed by atoms with Gasteiger partial charge in [0.1, 0.15) is 5.01 Å². The number of thiazole rings is 1. The summed E-state index contributed by atoms with van der Waals surface area (Å²) >= 11 is 1.72. The average Bonchev–Trinajstić information content (AvgIpc) is 2.71. The Morgan fingerprint density at radius 1 is 1.22 bits per heavy atom. The van der Waals surface area contributed by atoms with E-state index in [-0.39, 0.29) is 0 Å². The van der Waals surface area contributed by atoms with Gasteiger partial charge in [0.2, 0.25) is 0 Å². The van der Waals surface area contributed by atoms with Gasteiger partial charge in [-0.1, -0.05) is 44.7 Å². The number of allylic oxidation sites excluding steroid dienone is 1. The topological polar surface area (TPSA) is 12.9 Å². The third kappa shape index (κ3) is 2.54. The lowest BCUT2D eigenvalue weighted by atomic mass is 10.0. The Kier molecular flexibility index (Phi) is 3.67. The van der Waals surface area contributed by atoms with E-state index < -0.39 is 0 Å². The lowest BCUT2D eigenvalue weighted by Crippen LogP contribution is -1.86. The summed E-state index contributed by atoms with van der Waals surface area (Å²) in [5.74, 6) is 0.572. The highest BCUT2D eigenvalue weighted by molar-refractivity contribution is 7.16. The number of rotatable bonds is 3. The van der Waals surface area contributed by atoms with Crippen LogP contribution in [0.1, 0.15) is 42.8 Å². The molecule has 0 N–H and O–H groups in total. The van der Waals surface area contributed by atoms with Gasteiger partial charge in [-0.05, 0) is 30.9 Å². The number of benzene rings is 1. The molecule has 0 saturated heterocycles. The Labute approximate surface area is 113 Å². The van der Waals surface area contributed by atoms with E-state index in [0.29, 0.717) is 5.92 Å². The Hall–Kier alpha value is -1.41. The molecule has 1 aromatic carbocycles. The molecular weight excluding hydrogens is 238 g/mol. The lowest BCUT2D eigenvalue weighted by Gasteiger charge is -2.05. The van der Waals surface area contributed by atoms with Gasteiger partial charge in [-0.2, -0.15) is 0 Å². The molecule has 2 aromatic rings. The fourth-order valence-corrected chi connectivity index (χ4v) is 2.92. The van der Waals surface area contributed by atoms with E-state index in [2.05, 4.69) is 49.7 Å². The molecule has 1 aromatic heterocycles. The van der Waals surface area contributed by atoms with Gasteiger partial charge < -0.3 is 0 Å². The number of aryl methyl sites for hydroxylation is 1. The molecule has 94 valence electrons. The van der Waals surface area contributed by atoms with Crippen molar-refractivity contribution in [1.82, 2.24) is 4.98 Å². The molecule has 0 fully saturated rings. The molecule has 2 rings (SSSR count). The van der Waals surface area contributed by atoms with E-state index >= 15 is 0 Å². The van der Waals surface area contributed by atoms with Gasteiger partial charge in [0.15, 0.2) is 0 Å². The molecule has 0 saturated carbocycles. The summed E-state index contributed by atoms with van der Waals surface area (Å²) in [4.78, 5) is 5.84. The molecule has 0 bridgehead atoms. The van der Waals surface area contributed by atoms with E-state index in [1.54, 1.807) is 11.3 Å². The van der Waals surface area contributed by atoms with Crippen molar-refractivity contribution in [2.45, 2.75) is 33.6 Å². The molecule has 2 heteroatoms. The van der Waals surface area contributed by atoms with Gasteiger partial charge in [0.05, 0.1) is 10.6 Å². The lowest BCUT2D eigenvalue weighted by molar-refractivity contribution is 0.867. The van der Waals surface area contributed by atoms with Crippen LogP contribution in [0.3, 0.4) is 0 Å². The molecule has 0 amide bonds. The Morgan fingerprint density at radius 3 is 2.28 bits per heavy atom. The minimum absolute atomic E-state index is 0.572. The molecule has 1 nitrogen and oxygen atoms in total. The second kappa shape index (κ2) is 5.07. The third-order valence-corrected chi connectivity index (χ3v) is 4.38. The van der Waals surface area contributed by atoms with Crippen molar-refractivity contribution in [3.63, 3.8) is 0 Å². The van der Waals surface area contributed by atoms with Crippen molar-refractivity contribution in [3.8, 4) is 10.6 Å². The quantitative estimate of drug-likeness (QED) is 0.729. The Balaban J connectivity index is 2.37. The molecule has 18 heavy (non-hydrogen) atoms. The minimum atomic E-state index is 0.572. The molecule has 0 radical (unpaired) electrons. The van der Waals surface area contributed by atoms with Crippen LogP contribution in [-0.4, -0.2) is 4.98 Å². The normalized spacial score (nSPS) is 10.9. The number of nitrogens with zero attached hydrogens (tertiary/aromatic N) is 1. The molecule has 0 unspecified atom stereocenters. The largest absolute Gasteiger partial charge is 0.241 e. The second-order valence-corrected chi connectivity index (χ2v) is 5.99. The van der Waals surface area contributed by atoms with Crippen molar-refractivity contribution >= 4 is 16.9 Å². The van der Waals surface area contributed by atoms with Gasteiger partial charge in [-0.25, -0.2) is 4.98 Å². The van der Waals surface area contributed by atoms with Crippen molar-refractivity contribution in [1.29, 1.82) is 0 Å². The fourth-order valence-electron chi connectivity index (χ4n) is 1.93. The highest BCUT2D eigenvalue weighted by atomic mass is 32.1. The van der Waals surface area contributed by atoms with E-state index in [9.17, 15) is 0 Å². The van der Waals surface area contributed by atoms with Gasteiger partial charge in [0.25, 0.3) is 0 Å². The first-order valence-electron chi connectivity index (χ1n) is 6.22. The summed E-state index contributed by atoms with van der Waals surface area (Å²) in [6.07, 6.45) is 0. The van der Waals surface area contributed by atoms with Crippen LogP contribution in [0.5, 0.6) is 0 Å². The number of hydrogen-bond donors (Lipinski definition) is 0. The summed E-state index contributed by atoms with van der Waals surface area (Å²) < 4.78 is 0. The fraction of sp³-hybridized carbons (Fsp3) is 0.312. The van der Waals surface area contributed by atoms with Crippen molar-refractivity contribution in [2.24, 2.45) is 0 Å². The van der Waals surface area contributed by atoms with Crippen LogP contribution in [0.15, 0.2) is 30.8 Å². The molecule has 1 heterocycles. The van der Waals surface area contributed by atoms with E-state index in [1.165, 1.54) is 16.0 Å². The SMILES string of the molecule is C=C(C)c1sc(-c2ccc(C(C)C)cc2)nc1C. The number of hydrogen-bond acceptors (Lipinski definition) is 2. The van der Waals surface area contributed by atoms with Crippen LogP contribution < -0.4 is 0 Å². The highest BCUT2D eigenvalue weighted by Crippen LogP contribution is 2.32. The van der Waals surface area contributed by atoms with E-state index in [1.807, 2.05) is 13.8 Å². The maximum Gasteiger partial charge on any atom is 0.124 e. The summed E-state index contributed by atoms with van der Waals surface area (Å²) in [5, 5.41) is 1.08. The first-order valence-corrected chi connectivity index (χ1v) is 7.04. The summed E-state index contributed by atoms with van der Waals surface area (Å²) in [5.41, 5.74) is 4.73. The first-order chi connectivity index (χ1) is 8.49. The van der Waals surface area contributed by atoms with Gasteiger partial charge >= 0.3 is 0 Å². The summed E-state index contributed by atoms with van der Waals surface area (Å²) in [7, 11) is 0. The van der Waals surface area contributed by atoms with Crippen LogP contribution in [0.2, 0.25) is 0 Å². The van der Waals surface area contributed by atoms with Crippen LogP contribution in [0.25, 0.3) is 16.1 Å². The van der Waals surface area contributed by atoms with Crippen molar-refractivity contribution in [3.05, 3.63) is 47.0 Å². The maximum atomic E-state index is 4.63. The average molecular weight is 257 g/mol. The molecule has 0 aliphatic heterocycles. The molecular formula is C16H19NS. The Morgan fingerprint density at radius 2 is 1.83 bits per heavy atom. The zero-order chi connectivity index (χ0) is 13.3. The third-order valence-electron chi connectivity index (χ3n) is 3.01. The Bertz CT molecular complexity index is 561. The standard InChI is InChI=1S/C16H19NS/c1-10(2)13-6-8-14(9-7-13)16-17-12(5)15(18-16)11(3)4/h6-10H,3H2,1-2,4-5H3. The highest BCUT2D eigenvalue weighted by Gasteiger charge is 2.10. The second-order valence-electron chi connectivity index (χ2n) is 4.99. The first kappa shape index (κ1) is 13.0. The monoisotopic (exact) mass is 257 g/mol. The van der Waals surface area contributed by atoms with Crippen LogP contribution >= 0.6 is 11.3 Å². The predicted octanol–water partition coefficient (Wildman–Crippen LogP) is 5.28. The van der Waals surface area contributed by atoms with E-state index in [4.69, 9.17) is 0 Å². The van der Waals surface area contributed by atoms with Crippen molar-refractivity contribution in [2.75, 3.05) is 0 Å². The number of aromatic nitrogens is 1. The van der Waals surface area contributed by atoms with Crippen molar-refractivity contribution < 1.29 is 0 Å². The molecule has 0 spiro atoms. The van der Waals surface area contributed by atoms with Crippen LogP contribution in [0.4, 0.5) is 0 Å². The van der Waals surface area contributed by atoms with E-state index in [0.717, 1.165) is 16.3 Å². The zero-order valence-corrected chi connectivity index (χ0v) is 12.3. The maximum absolute atomic E-state index is 4.63. The van der Waals surface area contributed by atoms with Gasteiger partial charge in [-0.15, -0.1) is 11.3 Å². The van der Waals surface area contributed by atoms with Gasteiger partial charge in [0, 0.05) is 5.56 Å². The smallest absolute Gasteiger partial charge is 0.124 e. The molecule has 0 aliphatic carbocycles. The minimum Gasteiger partial charge on any atom is -0.241 e. The molecule has 0 atom stereocenters. The zero-order valence-electron chi connectivity index (χ0n) is 11.4. The summed E-state index contributed by atoms with van der Waals surface area (Å²) in [6, 6.07) is 8.71. The molecule has 0 aliphatic rings. The van der Waals surface area contributed by atoms with Gasteiger partial charge in [-0.3, -0.25) is 0 Å². The van der Waals surface area contributed by atoms with Crippen LogP contribution in [0, 0.1) is 6.92 Å². The predicted molar refractivity (Wildman–Crippen MR) is 81.1 cm³/mol.